The number of carbonyl (C=O) groups excluding carboxylic acids is 1. The molecule has 3 aromatic rings. The smallest absolute Gasteiger partial charge is 0.263 e. The van der Waals surface area contributed by atoms with E-state index in [-0.39, 0.29) is 5.91 Å². The molecule has 1 aliphatic rings. The molecule has 4 rings (SSSR count). The minimum atomic E-state index is -0.117. The number of benzene rings is 1. The van der Waals surface area contributed by atoms with E-state index in [1.807, 2.05) is 60.6 Å². The number of aryl methyl sites for hydroxylation is 1. The highest BCUT2D eigenvalue weighted by molar-refractivity contribution is 8.04. The number of fused-ring (bicyclic) bond motifs is 1. The number of hydrogen-bond acceptors (Lipinski definition) is 6. The Labute approximate surface area is 185 Å². The Balaban J connectivity index is 1.59. The van der Waals surface area contributed by atoms with Crippen LogP contribution in [0.5, 0.6) is 0 Å². The maximum atomic E-state index is 13.1. The van der Waals surface area contributed by atoms with E-state index in [9.17, 15) is 4.79 Å². The van der Waals surface area contributed by atoms with Crippen LogP contribution in [0, 0.1) is 6.92 Å². The van der Waals surface area contributed by atoms with Crippen LogP contribution in [0.4, 0.5) is 5.82 Å². The number of nitrogens with two attached hydrogens (primary N) is 1. The maximum Gasteiger partial charge on any atom is 0.263 e. The molecule has 0 fully saturated rings. The first kappa shape index (κ1) is 21.1. The lowest BCUT2D eigenvalue weighted by molar-refractivity contribution is -0.115. The van der Waals surface area contributed by atoms with Crippen LogP contribution in [-0.4, -0.2) is 39.7 Å². The lowest BCUT2D eigenvalue weighted by Crippen LogP contribution is -2.30. The number of hydrogen-bond donors (Lipinski definition) is 3. The number of aromatic amines is 1. The summed E-state index contributed by atoms with van der Waals surface area (Å²) in [6, 6.07) is 9.89. The molecule has 0 bridgehead atoms. The third-order valence-electron chi connectivity index (χ3n) is 5.10. The highest BCUT2D eigenvalue weighted by Crippen LogP contribution is 2.31. The molecule has 31 heavy (non-hydrogen) atoms. The molecule has 1 amide bonds. The van der Waals surface area contributed by atoms with E-state index in [1.165, 1.54) is 0 Å². The van der Waals surface area contributed by atoms with Crippen LogP contribution in [0.3, 0.4) is 0 Å². The zero-order chi connectivity index (χ0) is 21.6. The Morgan fingerprint density at radius 2 is 2.16 bits per heavy atom. The number of thioether (sulfide) groups is 1. The summed E-state index contributed by atoms with van der Waals surface area (Å²) >= 11 is 1.56. The number of anilines is 1. The Kier molecular flexibility index (Phi) is 6.69. The molecule has 1 aromatic carbocycles. The van der Waals surface area contributed by atoms with Crippen LogP contribution in [0.25, 0.3) is 16.7 Å². The molecule has 3 heterocycles. The summed E-state index contributed by atoms with van der Waals surface area (Å²) in [4.78, 5) is 27.8. The topological polar surface area (TPSA) is 99.9 Å². The van der Waals surface area contributed by atoms with Crippen molar-refractivity contribution in [3.63, 3.8) is 0 Å². The van der Waals surface area contributed by atoms with E-state index in [0.717, 1.165) is 58.8 Å². The van der Waals surface area contributed by atoms with Crippen molar-refractivity contribution in [1.29, 1.82) is 0 Å². The average Bonchev–Trinajstić information content (AvgIpc) is 3.20. The van der Waals surface area contributed by atoms with Crippen molar-refractivity contribution in [3.8, 4) is 0 Å². The van der Waals surface area contributed by atoms with Gasteiger partial charge in [0.05, 0.1) is 10.3 Å². The van der Waals surface area contributed by atoms with Crippen LogP contribution in [0.15, 0.2) is 60.0 Å². The molecule has 0 spiro atoms. The number of H-pyrrole nitrogens is 1. The minimum absolute atomic E-state index is 0.117. The van der Waals surface area contributed by atoms with Gasteiger partial charge in [-0.2, -0.15) is 0 Å². The summed E-state index contributed by atoms with van der Waals surface area (Å²) in [5.41, 5.74) is 9.31. The SMILES string of the molecule is Cc1c[nH]c2ncnc(N3C=C(C(=O)N/C(=C/CCCN)c4ccccc4)SCC3)c12. The molecule has 1 aliphatic heterocycles. The Morgan fingerprint density at radius 1 is 1.32 bits per heavy atom. The van der Waals surface area contributed by atoms with Crippen molar-refractivity contribution in [1.82, 2.24) is 20.3 Å². The summed E-state index contributed by atoms with van der Waals surface area (Å²) in [5, 5.41) is 4.09. The van der Waals surface area contributed by atoms with Gasteiger partial charge in [-0.15, -0.1) is 11.8 Å². The largest absolute Gasteiger partial charge is 0.346 e. The lowest BCUT2D eigenvalue weighted by atomic mass is 10.1. The molecule has 2 aromatic heterocycles. The van der Waals surface area contributed by atoms with E-state index in [4.69, 9.17) is 5.73 Å². The first-order valence-electron chi connectivity index (χ1n) is 10.3. The van der Waals surface area contributed by atoms with Gasteiger partial charge in [0.15, 0.2) is 0 Å². The zero-order valence-corrected chi connectivity index (χ0v) is 18.3. The minimum Gasteiger partial charge on any atom is -0.346 e. The van der Waals surface area contributed by atoms with Crippen LogP contribution in [0.2, 0.25) is 0 Å². The molecule has 160 valence electrons. The number of carbonyl (C=O) groups is 1. The van der Waals surface area contributed by atoms with Gasteiger partial charge in [0, 0.05) is 30.4 Å². The van der Waals surface area contributed by atoms with Gasteiger partial charge in [-0.05, 0) is 37.4 Å². The highest BCUT2D eigenvalue weighted by Gasteiger charge is 2.22. The molecular weight excluding hydrogens is 408 g/mol. The molecule has 0 saturated heterocycles. The Bertz CT molecular complexity index is 1120. The predicted molar refractivity (Wildman–Crippen MR) is 127 cm³/mol. The number of nitrogens with one attached hydrogen (secondary N) is 2. The second-order valence-electron chi connectivity index (χ2n) is 7.30. The Morgan fingerprint density at radius 3 is 2.97 bits per heavy atom. The van der Waals surface area contributed by atoms with E-state index >= 15 is 0 Å². The van der Waals surface area contributed by atoms with Crippen LogP contribution >= 0.6 is 11.8 Å². The fourth-order valence-corrected chi connectivity index (χ4v) is 4.40. The van der Waals surface area contributed by atoms with Crippen LogP contribution in [-0.2, 0) is 4.79 Å². The van der Waals surface area contributed by atoms with Gasteiger partial charge < -0.3 is 20.9 Å². The number of unbranched alkanes of at least 4 members (excludes halogenated alkanes) is 1. The van der Waals surface area contributed by atoms with E-state index in [1.54, 1.807) is 18.1 Å². The molecular formula is C23H26N6OS. The third-order valence-corrected chi connectivity index (χ3v) is 6.08. The van der Waals surface area contributed by atoms with Gasteiger partial charge in [-0.25, -0.2) is 9.97 Å². The van der Waals surface area contributed by atoms with Gasteiger partial charge in [-0.3, -0.25) is 4.79 Å². The summed E-state index contributed by atoms with van der Waals surface area (Å²) < 4.78 is 0. The number of amides is 1. The Hall–Kier alpha value is -3.10. The van der Waals surface area contributed by atoms with Gasteiger partial charge in [-0.1, -0.05) is 36.4 Å². The molecule has 8 heteroatoms. The lowest BCUT2D eigenvalue weighted by Gasteiger charge is -2.26. The quantitative estimate of drug-likeness (QED) is 0.492. The van der Waals surface area contributed by atoms with Gasteiger partial charge in [0.25, 0.3) is 5.91 Å². The summed E-state index contributed by atoms with van der Waals surface area (Å²) in [7, 11) is 0. The van der Waals surface area contributed by atoms with Crippen molar-refractivity contribution in [2.75, 3.05) is 23.7 Å². The number of aromatic nitrogens is 3. The fourth-order valence-electron chi connectivity index (χ4n) is 3.51. The van der Waals surface area contributed by atoms with Gasteiger partial charge >= 0.3 is 0 Å². The zero-order valence-electron chi connectivity index (χ0n) is 17.5. The first-order chi connectivity index (χ1) is 15.2. The second-order valence-corrected chi connectivity index (χ2v) is 8.43. The van der Waals surface area contributed by atoms with Gasteiger partial charge in [0.2, 0.25) is 0 Å². The molecule has 0 atom stereocenters. The second kappa shape index (κ2) is 9.80. The predicted octanol–water partition coefficient (Wildman–Crippen LogP) is 3.56. The van der Waals surface area contributed by atoms with Crippen molar-refractivity contribution in [2.24, 2.45) is 5.73 Å². The van der Waals surface area contributed by atoms with Crippen molar-refractivity contribution < 1.29 is 4.79 Å². The molecule has 0 aliphatic carbocycles. The first-order valence-corrected chi connectivity index (χ1v) is 11.3. The van der Waals surface area contributed by atoms with Crippen molar-refractivity contribution >= 4 is 40.2 Å². The number of allylic oxidation sites excluding steroid dienone is 1. The maximum absolute atomic E-state index is 13.1. The molecule has 7 nitrogen and oxygen atoms in total. The van der Waals surface area contributed by atoms with Crippen molar-refractivity contribution in [2.45, 2.75) is 19.8 Å². The van der Waals surface area contributed by atoms with E-state index in [2.05, 4.69) is 20.3 Å². The monoisotopic (exact) mass is 434 g/mol. The van der Waals surface area contributed by atoms with Crippen molar-refractivity contribution in [3.05, 3.63) is 71.2 Å². The van der Waals surface area contributed by atoms with Gasteiger partial charge in [0.1, 0.15) is 17.8 Å². The summed E-state index contributed by atoms with van der Waals surface area (Å²) in [5.74, 6) is 1.50. The summed E-state index contributed by atoms with van der Waals surface area (Å²) in [6.07, 6.45) is 9.10. The number of nitrogens with zero attached hydrogens (tertiary/aromatic N) is 3. The third kappa shape index (κ3) is 4.81. The van der Waals surface area contributed by atoms with Crippen LogP contribution in [0.1, 0.15) is 24.0 Å². The standard InChI is InChI=1S/C23H26N6OS/c1-16-13-25-21-20(16)22(27-15-26-21)29-11-12-31-19(14-29)23(30)28-18(9-5-6-10-24)17-7-3-2-4-8-17/h2-4,7-9,13-15H,5-6,10-12,24H2,1H3,(H,28,30)(H,25,26,27)/b18-9+. The molecule has 4 N–H and O–H groups in total. The van der Waals surface area contributed by atoms with E-state index in [0.29, 0.717) is 11.4 Å². The van der Waals surface area contributed by atoms with Crippen LogP contribution < -0.4 is 16.0 Å². The molecule has 0 radical (unpaired) electrons. The molecule has 0 saturated carbocycles. The highest BCUT2D eigenvalue weighted by atomic mass is 32.2. The normalized spacial score (nSPS) is 14.6. The summed E-state index contributed by atoms with van der Waals surface area (Å²) in [6.45, 7) is 3.42. The average molecular weight is 435 g/mol. The number of rotatable bonds is 7. The molecule has 0 unspecified atom stereocenters. The fraction of sp³-hybridized carbons (Fsp3) is 0.261. The van der Waals surface area contributed by atoms with E-state index < -0.39 is 0 Å².